The minimum Gasteiger partial charge on any atom is -0.456 e. The Morgan fingerprint density at radius 2 is 2.36 bits per heavy atom. The maximum atomic E-state index is 11.2. The van der Waals surface area contributed by atoms with Crippen molar-refractivity contribution in [3.8, 4) is 0 Å². The second kappa shape index (κ2) is 4.96. The Morgan fingerprint density at radius 1 is 1.64 bits per heavy atom. The number of ether oxygens (including phenoxy) is 2. The number of hydrogen-bond acceptors (Lipinski definition) is 3. The van der Waals surface area contributed by atoms with E-state index in [4.69, 9.17) is 9.47 Å². The van der Waals surface area contributed by atoms with Gasteiger partial charge in [0.05, 0.1) is 12.2 Å². The maximum absolute atomic E-state index is 11.2. The number of rotatable bonds is 5. The van der Waals surface area contributed by atoms with E-state index in [1.807, 2.05) is 6.92 Å². The van der Waals surface area contributed by atoms with Crippen molar-refractivity contribution in [2.75, 3.05) is 6.61 Å². The molecule has 0 aromatic heterocycles. The van der Waals surface area contributed by atoms with Crippen LogP contribution in [-0.2, 0) is 14.3 Å². The molecule has 1 saturated heterocycles. The first-order valence-corrected chi connectivity index (χ1v) is 4.83. The Labute approximate surface area is 84.4 Å². The topological polar surface area (TPSA) is 35.5 Å². The summed E-state index contributed by atoms with van der Waals surface area (Å²) in [5.41, 5.74) is 0.422. The van der Waals surface area contributed by atoms with Gasteiger partial charge >= 0.3 is 5.97 Å². The molecule has 1 aliphatic heterocycles. The number of esters is 1. The highest BCUT2D eigenvalue weighted by atomic mass is 16.6. The molecule has 0 N–H and O–H groups in total. The van der Waals surface area contributed by atoms with Gasteiger partial charge in [0, 0.05) is 0 Å². The van der Waals surface area contributed by atoms with E-state index in [0.717, 1.165) is 12.8 Å². The summed E-state index contributed by atoms with van der Waals surface area (Å²) in [4.78, 5) is 11.2. The molecule has 0 saturated carbocycles. The normalized spacial score (nSPS) is 26.4. The van der Waals surface area contributed by atoms with Gasteiger partial charge in [-0.05, 0) is 6.42 Å². The van der Waals surface area contributed by atoms with Gasteiger partial charge in [-0.2, -0.15) is 0 Å². The van der Waals surface area contributed by atoms with Gasteiger partial charge in [0.1, 0.15) is 12.2 Å². The SMILES string of the molecule is C=CCOC1C(=C)C(=O)OC1CCC. The average molecular weight is 196 g/mol. The van der Waals surface area contributed by atoms with Crippen LogP contribution in [-0.4, -0.2) is 24.8 Å². The van der Waals surface area contributed by atoms with Gasteiger partial charge in [0.25, 0.3) is 0 Å². The van der Waals surface area contributed by atoms with Crippen LogP contribution in [0.2, 0.25) is 0 Å². The van der Waals surface area contributed by atoms with E-state index in [1.165, 1.54) is 0 Å². The Hall–Kier alpha value is -1.09. The lowest BCUT2D eigenvalue weighted by molar-refractivity contribution is -0.140. The van der Waals surface area contributed by atoms with Crippen LogP contribution >= 0.6 is 0 Å². The molecule has 3 nitrogen and oxygen atoms in total. The molecule has 0 aromatic carbocycles. The van der Waals surface area contributed by atoms with Crippen LogP contribution in [0.5, 0.6) is 0 Å². The van der Waals surface area contributed by atoms with Crippen molar-refractivity contribution < 1.29 is 14.3 Å². The Kier molecular flexibility index (Phi) is 3.89. The molecule has 0 spiro atoms. The molecule has 2 unspecified atom stereocenters. The molecule has 0 aromatic rings. The second-order valence-corrected chi connectivity index (χ2v) is 3.30. The first-order valence-electron chi connectivity index (χ1n) is 4.83. The molecule has 3 heteroatoms. The molecular weight excluding hydrogens is 180 g/mol. The monoisotopic (exact) mass is 196 g/mol. The minimum atomic E-state index is -0.336. The number of hydrogen-bond donors (Lipinski definition) is 0. The first-order chi connectivity index (χ1) is 6.70. The van der Waals surface area contributed by atoms with Crippen LogP contribution in [0.3, 0.4) is 0 Å². The van der Waals surface area contributed by atoms with Crippen molar-refractivity contribution in [1.82, 2.24) is 0 Å². The van der Waals surface area contributed by atoms with Gasteiger partial charge in [-0.25, -0.2) is 4.79 Å². The van der Waals surface area contributed by atoms with E-state index in [1.54, 1.807) is 6.08 Å². The summed E-state index contributed by atoms with van der Waals surface area (Å²) in [6.07, 6.45) is 2.96. The summed E-state index contributed by atoms with van der Waals surface area (Å²) in [5, 5.41) is 0. The van der Waals surface area contributed by atoms with Crippen LogP contribution in [0.4, 0.5) is 0 Å². The lowest BCUT2D eigenvalue weighted by Crippen LogP contribution is -2.25. The fraction of sp³-hybridized carbons (Fsp3) is 0.545. The molecule has 78 valence electrons. The van der Waals surface area contributed by atoms with E-state index in [0.29, 0.717) is 12.2 Å². The Balaban J connectivity index is 2.60. The van der Waals surface area contributed by atoms with Crippen LogP contribution in [0.25, 0.3) is 0 Å². The molecule has 1 fully saturated rings. The Bertz CT molecular complexity index is 245. The fourth-order valence-electron chi connectivity index (χ4n) is 1.49. The second-order valence-electron chi connectivity index (χ2n) is 3.30. The van der Waals surface area contributed by atoms with Gasteiger partial charge in [-0.1, -0.05) is 26.0 Å². The third-order valence-corrected chi connectivity index (χ3v) is 2.17. The third-order valence-electron chi connectivity index (χ3n) is 2.17. The van der Waals surface area contributed by atoms with Gasteiger partial charge < -0.3 is 9.47 Å². The van der Waals surface area contributed by atoms with E-state index < -0.39 is 0 Å². The van der Waals surface area contributed by atoms with Crippen LogP contribution in [0.15, 0.2) is 24.8 Å². The number of cyclic esters (lactones) is 1. The van der Waals surface area contributed by atoms with Crippen molar-refractivity contribution in [3.63, 3.8) is 0 Å². The molecule has 1 aliphatic rings. The highest BCUT2D eigenvalue weighted by Gasteiger charge is 2.38. The number of carbonyl (C=O) groups is 1. The highest BCUT2D eigenvalue weighted by molar-refractivity contribution is 5.91. The zero-order valence-corrected chi connectivity index (χ0v) is 8.49. The summed E-state index contributed by atoms with van der Waals surface area (Å²) in [7, 11) is 0. The molecule has 0 radical (unpaired) electrons. The van der Waals surface area contributed by atoms with Gasteiger partial charge in [-0.3, -0.25) is 0 Å². The molecule has 0 aliphatic carbocycles. The minimum absolute atomic E-state index is 0.167. The van der Waals surface area contributed by atoms with Gasteiger partial charge in [-0.15, -0.1) is 6.58 Å². The van der Waals surface area contributed by atoms with Crippen LogP contribution in [0, 0.1) is 0 Å². The molecular formula is C11H16O3. The third kappa shape index (κ3) is 2.23. The molecule has 14 heavy (non-hydrogen) atoms. The van der Waals surface area contributed by atoms with E-state index in [-0.39, 0.29) is 18.2 Å². The quantitative estimate of drug-likeness (QED) is 0.382. The van der Waals surface area contributed by atoms with Gasteiger partial charge in [0.2, 0.25) is 0 Å². The summed E-state index contributed by atoms with van der Waals surface area (Å²) in [5.74, 6) is -0.336. The van der Waals surface area contributed by atoms with Crippen molar-refractivity contribution in [1.29, 1.82) is 0 Å². The standard InChI is InChI=1S/C11H16O3/c1-4-6-9-10(13-7-5-2)8(3)11(12)14-9/h5,9-10H,2-4,6-7H2,1H3. The largest absolute Gasteiger partial charge is 0.456 e. The molecule has 0 bridgehead atoms. The number of carbonyl (C=O) groups excluding carboxylic acids is 1. The molecule has 1 heterocycles. The van der Waals surface area contributed by atoms with Crippen molar-refractivity contribution in [2.45, 2.75) is 32.0 Å². The van der Waals surface area contributed by atoms with Crippen LogP contribution in [0.1, 0.15) is 19.8 Å². The molecule has 1 rings (SSSR count). The van der Waals surface area contributed by atoms with E-state index in [9.17, 15) is 4.79 Å². The van der Waals surface area contributed by atoms with E-state index >= 15 is 0 Å². The van der Waals surface area contributed by atoms with Crippen molar-refractivity contribution >= 4 is 5.97 Å². The fourth-order valence-corrected chi connectivity index (χ4v) is 1.49. The molecule has 0 amide bonds. The predicted molar refractivity (Wildman–Crippen MR) is 53.9 cm³/mol. The zero-order valence-electron chi connectivity index (χ0n) is 8.49. The summed E-state index contributed by atoms with van der Waals surface area (Å²) >= 11 is 0. The van der Waals surface area contributed by atoms with Crippen LogP contribution < -0.4 is 0 Å². The Morgan fingerprint density at radius 3 is 2.93 bits per heavy atom. The predicted octanol–water partition coefficient (Wildman–Crippen LogP) is 1.84. The lowest BCUT2D eigenvalue weighted by atomic mass is 10.1. The zero-order chi connectivity index (χ0) is 10.6. The summed E-state index contributed by atoms with van der Waals surface area (Å²) < 4.78 is 10.6. The van der Waals surface area contributed by atoms with Crippen molar-refractivity contribution in [2.24, 2.45) is 0 Å². The van der Waals surface area contributed by atoms with Gasteiger partial charge in [0.15, 0.2) is 0 Å². The summed E-state index contributed by atoms with van der Waals surface area (Å²) in [6.45, 7) is 9.68. The highest BCUT2D eigenvalue weighted by Crippen LogP contribution is 2.25. The summed E-state index contributed by atoms with van der Waals surface area (Å²) in [6, 6.07) is 0. The van der Waals surface area contributed by atoms with Crippen molar-refractivity contribution in [3.05, 3.63) is 24.8 Å². The van der Waals surface area contributed by atoms with E-state index in [2.05, 4.69) is 13.2 Å². The lowest BCUT2D eigenvalue weighted by Gasteiger charge is -2.16. The average Bonchev–Trinajstić information content (AvgIpc) is 2.42. The maximum Gasteiger partial charge on any atom is 0.336 e. The smallest absolute Gasteiger partial charge is 0.336 e. The molecule has 2 atom stereocenters. The first kappa shape index (κ1) is 11.0.